The second kappa shape index (κ2) is 11.5. The molecular formula is C23H30Cl2N4O2. The number of aromatic nitrogens is 1. The molecule has 0 aliphatic carbocycles. The third-order valence-electron chi connectivity index (χ3n) is 6.18. The van der Waals surface area contributed by atoms with E-state index in [1.54, 1.807) is 12.4 Å². The molecule has 6 nitrogen and oxygen atoms in total. The Hall–Kier alpha value is -2.15. The molecule has 2 N–H and O–H groups in total. The first-order valence-electron chi connectivity index (χ1n) is 10.5. The number of amides is 3. The molecule has 0 saturated carbocycles. The van der Waals surface area contributed by atoms with Crippen molar-refractivity contribution in [3.8, 4) is 0 Å². The quantitative estimate of drug-likeness (QED) is 0.611. The number of urea groups is 1. The van der Waals surface area contributed by atoms with Crippen LogP contribution >= 0.6 is 24.8 Å². The Morgan fingerprint density at radius 1 is 1.00 bits per heavy atom. The molecule has 2 fully saturated rings. The minimum atomic E-state index is -0.795. The maximum Gasteiger partial charge on any atom is 0.325 e. The van der Waals surface area contributed by atoms with Gasteiger partial charge in [-0.2, -0.15) is 0 Å². The zero-order chi connectivity index (χ0) is 20.1. The molecule has 4 rings (SSSR count). The van der Waals surface area contributed by atoms with Crippen LogP contribution in [0, 0.1) is 5.92 Å². The summed E-state index contributed by atoms with van der Waals surface area (Å²) >= 11 is 0. The average Bonchev–Trinajstić information content (AvgIpc) is 3.01. The smallest absolute Gasteiger partial charge is 0.323 e. The number of piperidine rings is 1. The molecule has 2 aliphatic rings. The predicted molar refractivity (Wildman–Crippen MR) is 126 cm³/mol. The van der Waals surface area contributed by atoms with Gasteiger partial charge in [0.15, 0.2) is 0 Å². The van der Waals surface area contributed by atoms with E-state index in [9.17, 15) is 9.59 Å². The zero-order valence-electron chi connectivity index (χ0n) is 17.5. The van der Waals surface area contributed by atoms with Crippen LogP contribution in [0.3, 0.4) is 0 Å². The van der Waals surface area contributed by atoms with Crippen molar-refractivity contribution in [3.05, 3.63) is 66.0 Å². The second-order valence-electron chi connectivity index (χ2n) is 8.02. The van der Waals surface area contributed by atoms with Crippen LogP contribution in [0.4, 0.5) is 4.79 Å². The predicted octanol–water partition coefficient (Wildman–Crippen LogP) is 3.74. The number of rotatable bonds is 7. The summed E-state index contributed by atoms with van der Waals surface area (Å²) in [6, 6.07) is 13.8. The van der Waals surface area contributed by atoms with Gasteiger partial charge in [-0.15, -0.1) is 24.8 Å². The maximum atomic E-state index is 13.6. The lowest BCUT2D eigenvalue weighted by atomic mass is 9.74. The van der Waals surface area contributed by atoms with Gasteiger partial charge in [-0.05, 0) is 68.3 Å². The van der Waals surface area contributed by atoms with Gasteiger partial charge < -0.3 is 10.6 Å². The Morgan fingerprint density at radius 2 is 1.71 bits per heavy atom. The lowest BCUT2D eigenvalue weighted by molar-refractivity contribution is -0.134. The molecule has 1 unspecified atom stereocenters. The molecule has 2 aromatic rings. The Labute approximate surface area is 196 Å². The summed E-state index contributed by atoms with van der Waals surface area (Å²) in [7, 11) is 0. The van der Waals surface area contributed by atoms with Gasteiger partial charge in [0.2, 0.25) is 0 Å². The molecule has 31 heavy (non-hydrogen) atoms. The summed E-state index contributed by atoms with van der Waals surface area (Å²) in [5, 5.41) is 6.50. The van der Waals surface area contributed by atoms with Crippen LogP contribution in [0.1, 0.15) is 36.8 Å². The molecule has 0 spiro atoms. The lowest BCUT2D eigenvalue weighted by Gasteiger charge is -2.38. The lowest BCUT2D eigenvalue weighted by Crippen LogP contribution is -2.55. The molecule has 1 aromatic heterocycles. The first-order chi connectivity index (χ1) is 14.2. The highest BCUT2D eigenvalue weighted by molar-refractivity contribution is 6.07. The fourth-order valence-electron chi connectivity index (χ4n) is 4.64. The SMILES string of the molecule is Cl.Cl.O=C1NC(CCCc2ccccc2)(C2CCNCC2)C(=O)N1Cc1cccnc1. The van der Waals surface area contributed by atoms with Gasteiger partial charge in [0.25, 0.3) is 5.91 Å². The van der Waals surface area contributed by atoms with E-state index in [4.69, 9.17) is 0 Å². The number of benzene rings is 1. The molecule has 1 atom stereocenters. The normalized spacial score (nSPS) is 21.2. The van der Waals surface area contributed by atoms with Crippen LogP contribution in [0.15, 0.2) is 54.9 Å². The van der Waals surface area contributed by atoms with Crippen LogP contribution in [0.2, 0.25) is 0 Å². The number of carbonyl (C=O) groups is 2. The van der Waals surface area contributed by atoms with Gasteiger partial charge in [-0.1, -0.05) is 36.4 Å². The molecule has 0 radical (unpaired) electrons. The van der Waals surface area contributed by atoms with Crippen LogP contribution in [0.5, 0.6) is 0 Å². The molecule has 0 bridgehead atoms. The minimum Gasteiger partial charge on any atom is -0.323 e. The van der Waals surface area contributed by atoms with Crippen LogP contribution < -0.4 is 10.6 Å². The summed E-state index contributed by atoms with van der Waals surface area (Å²) < 4.78 is 0. The van der Waals surface area contributed by atoms with E-state index in [1.807, 2.05) is 30.3 Å². The fourth-order valence-corrected chi connectivity index (χ4v) is 4.64. The highest BCUT2D eigenvalue weighted by Crippen LogP contribution is 2.36. The van der Waals surface area contributed by atoms with Gasteiger partial charge >= 0.3 is 6.03 Å². The largest absolute Gasteiger partial charge is 0.325 e. The first kappa shape index (κ1) is 25.1. The van der Waals surface area contributed by atoms with Crippen molar-refractivity contribution in [2.45, 2.75) is 44.2 Å². The van der Waals surface area contributed by atoms with E-state index in [0.717, 1.165) is 44.3 Å². The average molecular weight is 465 g/mol. The summed E-state index contributed by atoms with van der Waals surface area (Å²) in [4.78, 5) is 31.9. The van der Waals surface area contributed by atoms with Gasteiger partial charge in [-0.3, -0.25) is 14.7 Å². The van der Waals surface area contributed by atoms with Crippen molar-refractivity contribution in [2.75, 3.05) is 13.1 Å². The van der Waals surface area contributed by atoms with E-state index in [-0.39, 0.29) is 49.2 Å². The van der Waals surface area contributed by atoms with Gasteiger partial charge in [-0.25, -0.2) is 4.79 Å². The van der Waals surface area contributed by atoms with Crippen molar-refractivity contribution in [1.82, 2.24) is 20.5 Å². The number of hydrogen-bond acceptors (Lipinski definition) is 4. The number of pyridine rings is 1. The van der Waals surface area contributed by atoms with Gasteiger partial charge in [0.1, 0.15) is 5.54 Å². The number of nitrogens with zero attached hydrogens (tertiary/aromatic N) is 2. The third-order valence-corrected chi connectivity index (χ3v) is 6.18. The molecular weight excluding hydrogens is 435 g/mol. The summed E-state index contributed by atoms with van der Waals surface area (Å²) in [6.45, 7) is 2.04. The van der Waals surface area contributed by atoms with Crippen molar-refractivity contribution < 1.29 is 9.59 Å². The molecule has 3 heterocycles. The van der Waals surface area contributed by atoms with E-state index >= 15 is 0 Å². The molecule has 1 aromatic carbocycles. The van der Waals surface area contributed by atoms with E-state index in [2.05, 4.69) is 27.8 Å². The number of carbonyl (C=O) groups excluding carboxylic acids is 2. The minimum absolute atomic E-state index is 0. The highest BCUT2D eigenvalue weighted by atomic mass is 35.5. The van der Waals surface area contributed by atoms with Crippen molar-refractivity contribution in [2.24, 2.45) is 5.92 Å². The van der Waals surface area contributed by atoms with E-state index < -0.39 is 5.54 Å². The Balaban J connectivity index is 0.00000171. The van der Waals surface area contributed by atoms with E-state index in [1.165, 1.54) is 10.5 Å². The van der Waals surface area contributed by atoms with Crippen LogP contribution in [-0.4, -0.2) is 40.5 Å². The molecule has 2 aliphatic heterocycles. The van der Waals surface area contributed by atoms with Gasteiger partial charge in [0.05, 0.1) is 6.54 Å². The zero-order valence-corrected chi connectivity index (χ0v) is 19.1. The molecule has 3 amide bonds. The molecule has 8 heteroatoms. The van der Waals surface area contributed by atoms with Crippen molar-refractivity contribution in [3.63, 3.8) is 0 Å². The number of aryl methyl sites for hydroxylation is 1. The first-order valence-corrected chi connectivity index (χ1v) is 10.5. The van der Waals surface area contributed by atoms with E-state index in [0.29, 0.717) is 6.42 Å². The number of imide groups is 1. The standard InChI is InChI=1S/C23H28N4O2.2ClH/c28-21-23(20-10-14-24-15-11-20,12-4-8-18-6-2-1-3-7-18)26-22(29)27(21)17-19-9-5-13-25-16-19;;/h1-3,5-7,9,13,16,20,24H,4,8,10-12,14-15,17H2,(H,26,29);2*1H. The van der Waals surface area contributed by atoms with Crippen LogP contribution in [-0.2, 0) is 17.8 Å². The number of halogens is 2. The molecule has 168 valence electrons. The summed E-state index contributed by atoms with van der Waals surface area (Å²) in [5.74, 6) is 0.0844. The van der Waals surface area contributed by atoms with Crippen molar-refractivity contribution >= 4 is 36.8 Å². The third kappa shape index (κ3) is 5.56. The highest BCUT2D eigenvalue weighted by Gasteiger charge is 2.54. The maximum absolute atomic E-state index is 13.6. The topological polar surface area (TPSA) is 74.3 Å². The Morgan fingerprint density at radius 3 is 2.39 bits per heavy atom. The Kier molecular flexibility index (Phi) is 9.29. The number of nitrogens with one attached hydrogen (secondary N) is 2. The second-order valence-corrected chi connectivity index (χ2v) is 8.02. The summed E-state index contributed by atoms with van der Waals surface area (Å²) in [6.07, 6.45) is 7.63. The van der Waals surface area contributed by atoms with Gasteiger partial charge in [0, 0.05) is 12.4 Å². The van der Waals surface area contributed by atoms with Crippen molar-refractivity contribution in [1.29, 1.82) is 0 Å². The monoisotopic (exact) mass is 464 g/mol. The van der Waals surface area contributed by atoms with Crippen LogP contribution in [0.25, 0.3) is 0 Å². The fraction of sp³-hybridized carbons (Fsp3) is 0.435. The summed E-state index contributed by atoms with van der Waals surface area (Å²) in [5.41, 5.74) is 1.33. The number of hydrogen-bond donors (Lipinski definition) is 2. The Bertz CT molecular complexity index is 847. The molecule has 2 saturated heterocycles.